The Morgan fingerprint density at radius 3 is 2.79 bits per heavy atom. The molecule has 0 aliphatic carbocycles. The van der Waals surface area contributed by atoms with E-state index in [1.54, 1.807) is 29.4 Å². The van der Waals surface area contributed by atoms with Gasteiger partial charge < -0.3 is 15.5 Å². The van der Waals surface area contributed by atoms with Gasteiger partial charge in [-0.3, -0.25) is 19.4 Å². The fraction of sp³-hybridized carbons (Fsp3) is 0.333. The number of hydrogen-bond donors (Lipinski definition) is 2. The number of amides is 3. The topological polar surface area (TPSA) is 91.4 Å². The maximum absolute atomic E-state index is 12.7. The highest BCUT2D eigenvalue weighted by molar-refractivity contribution is 5.97. The molecule has 7 heteroatoms. The number of carbonyl (C=O) groups excluding carboxylic acids is 3. The van der Waals surface area contributed by atoms with Gasteiger partial charge in [-0.15, -0.1) is 0 Å². The molecule has 0 unspecified atom stereocenters. The van der Waals surface area contributed by atoms with Gasteiger partial charge in [-0.05, 0) is 36.6 Å². The summed E-state index contributed by atoms with van der Waals surface area (Å²) in [6.45, 7) is 1.23. The first-order chi connectivity index (χ1) is 13.6. The molecular weight excluding hydrogens is 356 g/mol. The minimum absolute atomic E-state index is 0.0743. The Morgan fingerprint density at radius 2 is 2.04 bits per heavy atom. The lowest BCUT2D eigenvalue weighted by molar-refractivity contribution is -0.128. The highest BCUT2D eigenvalue weighted by Gasteiger charge is 2.53. The Morgan fingerprint density at radius 1 is 1.21 bits per heavy atom. The van der Waals surface area contributed by atoms with E-state index < -0.39 is 11.5 Å². The van der Waals surface area contributed by atoms with Crippen molar-refractivity contribution in [2.75, 3.05) is 13.1 Å². The van der Waals surface area contributed by atoms with Crippen molar-refractivity contribution in [3.05, 3.63) is 66.0 Å². The summed E-state index contributed by atoms with van der Waals surface area (Å²) in [5.74, 6) is -0.422. The summed E-state index contributed by atoms with van der Waals surface area (Å²) in [6.07, 6.45) is 4.35. The van der Waals surface area contributed by atoms with Gasteiger partial charge in [0.15, 0.2) is 0 Å². The van der Waals surface area contributed by atoms with E-state index in [1.165, 1.54) is 0 Å². The van der Waals surface area contributed by atoms with E-state index in [-0.39, 0.29) is 17.7 Å². The SMILES string of the molecule is O=C(NCc1cccnc1)[C@@H]1C[C@]2(CCN(C(=O)c3ccccc3)C2)C(=O)N1. The smallest absolute Gasteiger partial charge is 0.253 e. The lowest BCUT2D eigenvalue weighted by Crippen LogP contribution is -2.41. The molecule has 0 saturated carbocycles. The molecule has 0 bridgehead atoms. The summed E-state index contributed by atoms with van der Waals surface area (Å²) in [7, 11) is 0. The largest absolute Gasteiger partial charge is 0.350 e. The van der Waals surface area contributed by atoms with Crippen molar-refractivity contribution in [2.24, 2.45) is 5.41 Å². The van der Waals surface area contributed by atoms with Crippen LogP contribution >= 0.6 is 0 Å². The summed E-state index contributed by atoms with van der Waals surface area (Å²) < 4.78 is 0. The average molecular weight is 378 g/mol. The third-order valence-corrected chi connectivity index (χ3v) is 5.55. The summed E-state index contributed by atoms with van der Waals surface area (Å²) in [6, 6.07) is 12.2. The zero-order valence-corrected chi connectivity index (χ0v) is 15.4. The molecule has 1 spiro atoms. The number of nitrogens with zero attached hydrogens (tertiary/aromatic N) is 2. The molecule has 7 nitrogen and oxygen atoms in total. The average Bonchev–Trinajstić information content (AvgIpc) is 3.31. The standard InChI is InChI=1S/C21H22N4O3/c26-18(23-13-15-5-4-9-22-12-15)17-11-21(20(28)24-17)8-10-25(14-21)19(27)16-6-2-1-3-7-16/h1-7,9,12,17H,8,10-11,13-14H2,(H,23,26)(H,24,28)/t17-,21-/m0/s1. The molecule has 2 N–H and O–H groups in total. The number of rotatable bonds is 4. The summed E-state index contributed by atoms with van der Waals surface area (Å²) in [4.78, 5) is 43.6. The number of likely N-dealkylation sites (tertiary alicyclic amines) is 1. The Kier molecular flexibility index (Phi) is 4.81. The molecule has 144 valence electrons. The van der Waals surface area contributed by atoms with E-state index in [4.69, 9.17) is 0 Å². The van der Waals surface area contributed by atoms with Crippen LogP contribution in [0.3, 0.4) is 0 Å². The summed E-state index contributed by atoms with van der Waals surface area (Å²) in [5, 5.41) is 5.67. The quantitative estimate of drug-likeness (QED) is 0.834. The van der Waals surface area contributed by atoms with Crippen molar-refractivity contribution >= 4 is 17.7 Å². The number of pyridine rings is 1. The minimum atomic E-state index is -0.680. The van der Waals surface area contributed by atoms with Gasteiger partial charge in [-0.2, -0.15) is 0 Å². The third-order valence-electron chi connectivity index (χ3n) is 5.55. The normalized spacial score (nSPS) is 23.6. The second kappa shape index (κ2) is 7.42. The highest BCUT2D eigenvalue weighted by atomic mass is 16.2. The number of aromatic nitrogens is 1. The van der Waals surface area contributed by atoms with Gasteiger partial charge in [-0.1, -0.05) is 24.3 Å². The lowest BCUT2D eigenvalue weighted by Gasteiger charge is -2.21. The fourth-order valence-electron chi connectivity index (χ4n) is 3.98. The van der Waals surface area contributed by atoms with Crippen molar-refractivity contribution in [3.63, 3.8) is 0 Å². The second-order valence-electron chi connectivity index (χ2n) is 7.43. The van der Waals surface area contributed by atoms with Crippen LogP contribution in [0.4, 0.5) is 0 Å². The fourth-order valence-corrected chi connectivity index (χ4v) is 3.98. The Balaban J connectivity index is 1.38. The van der Waals surface area contributed by atoms with Crippen molar-refractivity contribution < 1.29 is 14.4 Å². The van der Waals surface area contributed by atoms with E-state index in [0.29, 0.717) is 38.0 Å². The predicted molar refractivity (Wildman–Crippen MR) is 102 cm³/mol. The number of carbonyl (C=O) groups is 3. The molecule has 2 atom stereocenters. The number of nitrogens with one attached hydrogen (secondary N) is 2. The first-order valence-corrected chi connectivity index (χ1v) is 9.39. The second-order valence-corrected chi connectivity index (χ2v) is 7.43. The molecule has 28 heavy (non-hydrogen) atoms. The minimum Gasteiger partial charge on any atom is -0.350 e. The molecular formula is C21H22N4O3. The predicted octanol–water partition coefficient (Wildman–Crippen LogP) is 1.12. The first kappa shape index (κ1) is 18.2. The maximum atomic E-state index is 12.7. The van der Waals surface area contributed by atoms with E-state index in [9.17, 15) is 14.4 Å². The van der Waals surface area contributed by atoms with Gasteiger partial charge in [-0.25, -0.2) is 0 Å². The third kappa shape index (κ3) is 3.47. The van der Waals surface area contributed by atoms with Gasteiger partial charge in [0, 0.05) is 37.6 Å². The lowest BCUT2D eigenvalue weighted by atomic mass is 9.84. The molecule has 1 aromatic carbocycles. The number of benzene rings is 1. The van der Waals surface area contributed by atoms with Gasteiger partial charge in [0.2, 0.25) is 11.8 Å². The Hall–Kier alpha value is -3.22. The molecule has 2 saturated heterocycles. The first-order valence-electron chi connectivity index (χ1n) is 9.39. The molecule has 2 fully saturated rings. The summed E-state index contributed by atoms with van der Waals surface area (Å²) >= 11 is 0. The van der Waals surface area contributed by atoms with Crippen molar-refractivity contribution in [2.45, 2.75) is 25.4 Å². The highest BCUT2D eigenvalue weighted by Crippen LogP contribution is 2.40. The van der Waals surface area contributed by atoms with Crippen molar-refractivity contribution in [1.82, 2.24) is 20.5 Å². The molecule has 2 aromatic rings. The monoisotopic (exact) mass is 378 g/mol. The zero-order valence-electron chi connectivity index (χ0n) is 15.4. The molecule has 0 radical (unpaired) electrons. The summed E-state index contributed by atoms with van der Waals surface area (Å²) in [5.41, 5.74) is 0.833. The molecule has 1 aromatic heterocycles. The Bertz CT molecular complexity index is 887. The van der Waals surface area contributed by atoms with Crippen LogP contribution in [0.2, 0.25) is 0 Å². The van der Waals surface area contributed by atoms with Crippen molar-refractivity contribution in [3.8, 4) is 0 Å². The molecule has 3 heterocycles. The van der Waals surface area contributed by atoms with Crippen LogP contribution in [-0.4, -0.2) is 46.7 Å². The van der Waals surface area contributed by atoms with Crippen LogP contribution in [0.25, 0.3) is 0 Å². The van der Waals surface area contributed by atoms with Gasteiger partial charge in [0.1, 0.15) is 6.04 Å². The van der Waals surface area contributed by atoms with Crippen molar-refractivity contribution in [1.29, 1.82) is 0 Å². The maximum Gasteiger partial charge on any atom is 0.253 e. The van der Waals surface area contributed by atoms with Gasteiger partial charge in [0.05, 0.1) is 5.41 Å². The Labute approximate surface area is 163 Å². The van der Waals surface area contributed by atoms with Crippen LogP contribution in [0.15, 0.2) is 54.9 Å². The molecule has 2 aliphatic heterocycles. The van der Waals surface area contributed by atoms with Crippen LogP contribution in [-0.2, 0) is 16.1 Å². The van der Waals surface area contributed by atoms with E-state index >= 15 is 0 Å². The molecule has 3 amide bonds. The van der Waals surface area contributed by atoms with Gasteiger partial charge in [0.25, 0.3) is 5.91 Å². The number of hydrogen-bond acceptors (Lipinski definition) is 4. The van der Waals surface area contributed by atoms with Crippen LogP contribution in [0.1, 0.15) is 28.8 Å². The van der Waals surface area contributed by atoms with Crippen LogP contribution in [0.5, 0.6) is 0 Å². The van der Waals surface area contributed by atoms with Gasteiger partial charge >= 0.3 is 0 Å². The van der Waals surface area contributed by atoms with Crippen LogP contribution < -0.4 is 10.6 Å². The zero-order chi connectivity index (χ0) is 19.6. The van der Waals surface area contributed by atoms with E-state index in [0.717, 1.165) is 5.56 Å². The molecule has 2 aliphatic rings. The van der Waals surface area contributed by atoms with E-state index in [2.05, 4.69) is 15.6 Å². The molecule has 4 rings (SSSR count). The van der Waals surface area contributed by atoms with Crippen LogP contribution in [0, 0.1) is 5.41 Å². The van der Waals surface area contributed by atoms with E-state index in [1.807, 2.05) is 30.3 Å².